The number of aromatic nitrogens is 1. The van der Waals surface area contributed by atoms with Gasteiger partial charge in [0.25, 0.3) is 5.91 Å². The Morgan fingerprint density at radius 1 is 0.767 bits per heavy atom. The molecule has 146 valence electrons. The second-order valence-electron chi connectivity index (χ2n) is 7.57. The van der Waals surface area contributed by atoms with Gasteiger partial charge in [0.2, 0.25) is 0 Å². The maximum absolute atomic E-state index is 13.0. The monoisotopic (exact) mass is 390 g/mol. The first kappa shape index (κ1) is 18.3. The molecule has 0 saturated carbocycles. The van der Waals surface area contributed by atoms with Crippen molar-refractivity contribution in [3.8, 4) is 22.4 Å². The highest BCUT2D eigenvalue weighted by Crippen LogP contribution is 2.34. The fourth-order valence-electron chi connectivity index (χ4n) is 4.06. The quantitative estimate of drug-likeness (QED) is 0.455. The molecule has 0 fully saturated rings. The third kappa shape index (κ3) is 3.50. The number of carbonyl (C=O) groups is 1. The van der Waals surface area contributed by atoms with Gasteiger partial charge in [0.15, 0.2) is 0 Å². The van der Waals surface area contributed by atoms with Gasteiger partial charge in [0.1, 0.15) is 0 Å². The van der Waals surface area contributed by atoms with E-state index in [1.165, 1.54) is 0 Å². The molecule has 0 spiro atoms. The van der Waals surface area contributed by atoms with Crippen LogP contribution in [0.3, 0.4) is 0 Å². The highest BCUT2D eigenvalue weighted by atomic mass is 16.2. The summed E-state index contributed by atoms with van der Waals surface area (Å²) in [4.78, 5) is 20.0. The van der Waals surface area contributed by atoms with E-state index in [9.17, 15) is 4.79 Å². The van der Waals surface area contributed by atoms with Gasteiger partial charge >= 0.3 is 0 Å². The van der Waals surface area contributed by atoms with E-state index in [4.69, 9.17) is 4.98 Å². The summed E-state index contributed by atoms with van der Waals surface area (Å²) in [6.07, 6.45) is 0.767. The first-order valence-electron chi connectivity index (χ1n) is 10.3. The molecule has 1 aliphatic heterocycles. The topological polar surface area (TPSA) is 33.2 Å². The molecule has 0 aliphatic carbocycles. The fraction of sp³-hybridized carbons (Fsp3) is 0.111. The van der Waals surface area contributed by atoms with Gasteiger partial charge in [-0.05, 0) is 29.3 Å². The van der Waals surface area contributed by atoms with E-state index in [1.807, 2.05) is 59.5 Å². The van der Waals surface area contributed by atoms with Crippen LogP contribution >= 0.6 is 0 Å². The summed E-state index contributed by atoms with van der Waals surface area (Å²) >= 11 is 0. The zero-order valence-corrected chi connectivity index (χ0v) is 16.7. The summed E-state index contributed by atoms with van der Waals surface area (Å²) in [5, 5.41) is 0. The second kappa shape index (κ2) is 7.96. The molecular formula is C27H22N2O. The van der Waals surface area contributed by atoms with Crippen molar-refractivity contribution in [1.82, 2.24) is 9.88 Å². The molecule has 0 radical (unpaired) electrons. The van der Waals surface area contributed by atoms with Crippen molar-refractivity contribution in [2.45, 2.75) is 13.0 Å². The van der Waals surface area contributed by atoms with Crippen LogP contribution in [0.4, 0.5) is 0 Å². The molecule has 2 heterocycles. The van der Waals surface area contributed by atoms with E-state index < -0.39 is 0 Å². The van der Waals surface area contributed by atoms with Crippen molar-refractivity contribution in [3.63, 3.8) is 0 Å². The standard InChI is InChI=1S/C27H22N2O/c30-27(22-14-8-3-9-15-22)29-17-16-25-23(19-29)18-24(20-10-4-1-5-11-20)26(28-25)21-12-6-2-7-13-21/h1-15,18H,16-17,19H2. The van der Waals surface area contributed by atoms with Gasteiger partial charge in [-0.3, -0.25) is 9.78 Å². The van der Waals surface area contributed by atoms with Crippen molar-refractivity contribution in [3.05, 3.63) is 114 Å². The Morgan fingerprint density at radius 3 is 2.03 bits per heavy atom. The smallest absolute Gasteiger partial charge is 0.254 e. The van der Waals surface area contributed by atoms with E-state index in [0.29, 0.717) is 13.1 Å². The number of fused-ring (bicyclic) bond motifs is 1. The average Bonchev–Trinajstić information content (AvgIpc) is 2.84. The first-order chi connectivity index (χ1) is 14.8. The molecule has 4 aromatic rings. The molecule has 0 N–H and O–H groups in total. The van der Waals surface area contributed by atoms with Gasteiger partial charge in [0, 0.05) is 41.9 Å². The van der Waals surface area contributed by atoms with Crippen molar-refractivity contribution in [2.75, 3.05) is 6.54 Å². The Labute approximate surface area is 176 Å². The lowest BCUT2D eigenvalue weighted by molar-refractivity contribution is 0.0733. The number of nitrogens with zero attached hydrogens (tertiary/aromatic N) is 2. The molecule has 1 aromatic heterocycles. The van der Waals surface area contributed by atoms with Gasteiger partial charge in [-0.25, -0.2) is 0 Å². The van der Waals surface area contributed by atoms with Gasteiger partial charge in [-0.1, -0.05) is 78.9 Å². The van der Waals surface area contributed by atoms with E-state index >= 15 is 0 Å². The van der Waals surface area contributed by atoms with Crippen LogP contribution in [0.2, 0.25) is 0 Å². The predicted octanol–water partition coefficient (Wildman–Crippen LogP) is 5.61. The minimum atomic E-state index is 0.0784. The van der Waals surface area contributed by atoms with Gasteiger partial charge < -0.3 is 4.90 Å². The number of rotatable bonds is 3. The molecule has 0 bridgehead atoms. The number of hydrogen-bond donors (Lipinski definition) is 0. The summed E-state index contributed by atoms with van der Waals surface area (Å²) in [6, 6.07) is 32.4. The third-order valence-electron chi connectivity index (χ3n) is 5.61. The Balaban J connectivity index is 1.56. The lowest BCUT2D eigenvalue weighted by Crippen LogP contribution is -2.36. The lowest BCUT2D eigenvalue weighted by Gasteiger charge is -2.29. The summed E-state index contributed by atoms with van der Waals surface area (Å²) < 4.78 is 0. The predicted molar refractivity (Wildman–Crippen MR) is 120 cm³/mol. The molecule has 0 atom stereocenters. The normalized spacial score (nSPS) is 13.0. The molecule has 3 aromatic carbocycles. The summed E-state index contributed by atoms with van der Waals surface area (Å²) in [5.74, 6) is 0.0784. The minimum Gasteiger partial charge on any atom is -0.334 e. The van der Waals surface area contributed by atoms with E-state index in [1.54, 1.807) is 0 Å². The van der Waals surface area contributed by atoms with Crippen LogP contribution in [0, 0.1) is 0 Å². The maximum atomic E-state index is 13.0. The fourth-order valence-corrected chi connectivity index (χ4v) is 4.06. The van der Waals surface area contributed by atoms with Crippen LogP contribution in [0.1, 0.15) is 21.6 Å². The Morgan fingerprint density at radius 2 is 1.37 bits per heavy atom. The minimum absolute atomic E-state index is 0.0784. The van der Waals surface area contributed by atoms with Crippen molar-refractivity contribution in [2.24, 2.45) is 0 Å². The van der Waals surface area contributed by atoms with Gasteiger partial charge in [0.05, 0.1) is 5.69 Å². The molecule has 1 aliphatic rings. The molecule has 5 rings (SSSR count). The van der Waals surface area contributed by atoms with Gasteiger partial charge in [-0.2, -0.15) is 0 Å². The molecule has 0 unspecified atom stereocenters. The van der Waals surface area contributed by atoms with Crippen LogP contribution in [0.25, 0.3) is 22.4 Å². The first-order valence-corrected chi connectivity index (χ1v) is 10.3. The van der Waals surface area contributed by atoms with E-state index in [2.05, 4.69) is 42.5 Å². The molecule has 0 saturated heterocycles. The summed E-state index contributed by atoms with van der Waals surface area (Å²) in [7, 11) is 0. The third-order valence-corrected chi connectivity index (χ3v) is 5.61. The van der Waals surface area contributed by atoms with Crippen LogP contribution in [-0.4, -0.2) is 22.3 Å². The molecule has 3 heteroatoms. The number of pyridine rings is 1. The number of carbonyl (C=O) groups excluding carboxylic acids is 1. The maximum Gasteiger partial charge on any atom is 0.254 e. The highest BCUT2D eigenvalue weighted by Gasteiger charge is 2.24. The van der Waals surface area contributed by atoms with Crippen LogP contribution in [0.5, 0.6) is 0 Å². The Kier molecular flexibility index (Phi) is 4.86. The molecule has 3 nitrogen and oxygen atoms in total. The van der Waals surface area contributed by atoms with Crippen LogP contribution < -0.4 is 0 Å². The number of benzene rings is 3. The van der Waals surface area contributed by atoms with Gasteiger partial charge in [-0.15, -0.1) is 0 Å². The average molecular weight is 390 g/mol. The van der Waals surface area contributed by atoms with Crippen molar-refractivity contribution in [1.29, 1.82) is 0 Å². The zero-order valence-electron chi connectivity index (χ0n) is 16.7. The van der Waals surface area contributed by atoms with Crippen LogP contribution in [-0.2, 0) is 13.0 Å². The highest BCUT2D eigenvalue weighted by molar-refractivity contribution is 5.94. The number of hydrogen-bond acceptors (Lipinski definition) is 2. The van der Waals surface area contributed by atoms with Crippen molar-refractivity contribution >= 4 is 5.91 Å². The van der Waals surface area contributed by atoms with Crippen LogP contribution in [0.15, 0.2) is 97.1 Å². The lowest BCUT2D eigenvalue weighted by atomic mass is 9.94. The molecular weight excluding hydrogens is 368 g/mol. The van der Waals surface area contributed by atoms with Crippen molar-refractivity contribution < 1.29 is 4.79 Å². The summed E-state index contributed by atoms with van der Waals surface area (Å²) in [6.45, 7) is 1.28. The molecule has 1 amide bonds. The molecule has 30 heavy (non-hydrogen) atoms. The Hall–Kier alpha value is -3.72. The zero-order chi connectivity index (χ0) is 20.3. The SMILES string of the molecule is O=C(c1ccccc1)N1CCc2nc(-c3ccccc3)c(-c3ccccc3)cc2C1. The second-order valence-corrected chi connectivity index (χ2v) is 7.57. The number of amides is 1. The van der Waals surface area contributed by atoms with E-state index in [0.717, 1.165) is 45.6 Å². The van der Waals surface area contributed by atoms with E-state index in [-0.39, 0.29) is 5.91 Å². The summed E-state index contributed by atoms with van der Waals surface area (Å²) in [5.41, 5.74) is 7.31. The Bertz CT molecular complexity index is 1170. The largest absolute Gasteiger partial charge is 0.334 e.